The lowest BCUT2D eigenvalue weighted by Gasteiger charge is -2.13. The zero-order chi connectivity index (χ0) is 13.4. The molecule has 1 fully saturated rings. The molecule has 0 spiro atoms. The number of likely N-dealkylation sites (tertiary alicyclic amines) is 1. The van der Waals surface area contributed by atoms with E-state index in [1.54, 1.807) is 24.1 Å². The van der Waals surface area contributed by atoms with Gasteiger partial charge >= 0.3 is 0 Å². The maximum atomic E-state index is 12.2. The van der Waals surface area contributed by atoms with Crippen LogP contribution in [0.25, 0.3) is 11.0 Å². The standard InChI is InChI=1S/C14H15NO4/c1-18-11-4-2-3-9-7-12(19-13(9)11)14(17)15-6-5-10(16)8-15/h2-4,7,10,16H,5-6,8H2,1H3/t10-/m1/s1. The van der Waals surface area contributed by atoms with Gasteiger partial charge in [-0.3, -0.25) is 4.79 Å². The third-order valence-corrected chi connectivity index (χ3v) is 3.39. The van der Waals surface area contributed by atoms with Crippen molar-refractivity contribution in [3.05, 3.63) is 30.0 Å². The third-order valence-electron chi connectivity index (χ3n) is 3.39. The number of aliphatic hydroxyl groups is 1. The van der Waals surface area contributed by atoms with Crippen LogP contribution < -0.4 is 4.74 Å². The third kappa shape index (κ3) is 2.06. The average Bonchev–Trinajstić information content (AvgIpc) is 3.03. The van der Waals surface area contributed by atoms with E-state index in [1.165, 1.54) is 0 Å². The molecule has 19 heavy (non-hydrogen) atoms. The second-order valence-corrected chi connectivity index (χ2v) is 4.68. The number of β-amino-alcohol motifs (C(OH)–C–C–N with tert-alkyl or cyclic N) is 1. The van der Waals surface area contributed by atoms with E-state index in [0.717, 1.165) is 5.39 Å². The van der Waals surface area contributed by atoms with Crippen LogP contribution in [0.3, 0.4) is 0 Å². The summed E-state index contributed by atoms with van der Waals surface area (Å²) in [7, 11) is 1.57. The zero-order valence-electron chi connectivity index (χ0n) is 10.6. The molecule has 5 heteroatoms. The van der Waals surface area contributed by atoms with E-state index < -0.39 is 6.10 Å². The first kappa shape index (κ1) is 12.0. The molecule has 0 saturated carbocycles. The number of fused-ring (bicyclic) bond motifs is 1. The predicted octanol–water partition coefficient (Wildman–Crippen LogP) is 1.65. The Labute approximate surface area is 110 Å². The topological polar surface area (TPSA) is 62.9 Å². The molecule has 0 unspecified atom stereocenters. The first-order chi connectivity index (χ1) is 9.19. The Morgan fingerprint density at radius 2 is 2.37 bits per heavy atom. The first-order valence-corrected chi connectivity index (χ1v) is 6.23. The summed E-state index contributed by atoms with van der Waals surface area (Å²) < 4.78 is 10.8. The van der Waals surface area contributed by atoms with E-state index in [1.807, 2.05) is 12.1 Å². The Morgan fingerprint density at radius 3 is 3.05 bits per heavy atom. The summed E-state index contributed by atoms with van der Waals surface area (Å²) >= 11 is 0. The van der Waals surface area contributed by atoms with Crippen molar-refractivity contribution in [1.29, 1.82) is 0 Å². The highest BCUT2D eigenvalue weighted by Crippen LogP contribution is 2.29. The van der Waals surface area contributed by atoms with Gasteiger partial charge in [-0.15, -0.1) is 0 Å². The van der Waals surface area contributed by atoms with Crippen LogP contribution in [-0.4, -0.2) is 42.2 Å². The van der Waals surface area contributed by atoms with Gasteiger partial charge in [-0.25, -0.2) is 0 Å². The van der Waals surface area contributed by atoms with Crippen LogP contribution >= 0.6 is 0 Å². The molecule has 3 rings (SSSR count). The molecule has 5 nitrogen and oxygen atoms in total. The van der Waals surface area contributed by atoms with Crippen molar-refractivity contribution in [3.63, 3.8) is 0 Å². The lowest BCUT2D eigenvalue weighted by atomic mass is 10.2. The fraction of sp³-hybridized carbons (Fsp3) is 0.357. The van der Waals surface area contributed by atoms with Crippen LogP contribution in [0.1, 0.15) is 17.0 Å². The molecule has 0 radical (unpaired) electrons. The van der Waals surface area contributed by atoms with Gasteiger partial charge in [0, 0.05) is 18.5 Å². The van der Waals surface area contributed by atoms with Crippen LogP contribution in [0.4, 0.5) is 0 Å². The van der Waals surface area contributed by atoms with Crippen molar-refractivity contribution in [2.45, 2.75) is 12.5 Å². The molecular formula is C14H15NO4. The van der Waals surface area contributed by atoms with E-state index in [4.69, 9.17) is 9.15 Å². The average molecular weight is 261 g/mol. The number of methoxy groups -OCH3 is 1. The van der Waals surface area contributed by atoms with Gasteiger partial charge in [-0.05, 0) is 18.6 Å². The molecule has 2 heterocycles. The van der Waals surface area contributed by atoms with E-state index in [9.17, 15) is 9.90 Å². The number of para-hydroxylation sites is 1. The molecule has 1 amide bonds. The van der Waals surface area contributed by atoms with Crippen molar-refractivity contribution < 1.29 is 19.1 Å². The van der Waals surface area contributed by atoms with Gasteiger partial charge in [-0.1, -0.05) is 12.1 Å². The zero-order valence-corrected chi connectivity index (χ0v) is 10.6. The minimum absolute atomic E-state index is 0.185. The number of furan rings is 1. The van der Waals surface area contributed by atoms with Crippen LogP contribution in [0.5, 0.6) is 5.75 Å². The SMILES string of the molecule is COc1cccc2cc(C(=O)N3CC[C@@H](O)C3)oc12. The Morgan fingerprint density at radius 1 is 1.53 bits per heavy atom. The number of amides is 1. The lowest BCUT2D eigenvalue weighted by Crippen LogP contribution is -2.29. The Bertz CT molecular complexity index is 619. The van der Waals surface area contributed by atoms with Gasteiger partial charge in [0.15, 0.2) is 17.1 Å². The van der Waals surface area contributed by atoms with Crippen LogP contribution in [-0.2, 0) is 0 Å². The van der Waals surface area contributed by atoms with Gasteiger partial charge in [0.2, 0.25) is 0 Å². The van der Waals surface area contributed by atoms with Crippen molar-refractivity contribution in [2.24, 2.45) is 0 Å². The summed E-state index contributed by atoms with van der Waals surface area (Å²) in [5, 5.41) is 10.3. The fourth-order valence-electron chi connectivity index (χ4n) is 2.38. The second-order valence-electron chi connectivity index (χ2n) is 4.68. The maximum absolute atomic E-state index is 12.2. The van der Waals surface area contributed by atoms with Crippen LogP contribution in [0.2, 0.25) is 0 Å². The minimum atomic E-state index is -0.428. The number of nitrogens with zero attached hydrogens (tertiary/aromatic N) is 1. The molecule has 1 saturated heterocycles. The van der Waals surface area contributed by atoms with Crippen molar-refractivity contribution >= 4 is 16.9 Å². The monoisotopic (exact) mass is 261 g/mol. The molecular weight excluding hydrogens is 246 g/mol. The summed E-state index contributed by atoms with van der Waals surface area (Å²) in [4.78, 5) is 13.8. The maximum Gasteiger partial charge on any atom is 0.289 e. The highest BCUT2D eigenvalue weighted by Gasteiger charge is 2.27. The molecule has 100 valence electrons. The van der Waals surface area contributed by atoms with Gasteiger partial charge < -0.3 is 19.2 Å². The Kier molecular flexibility index (Phi) is 2.91. The molecule has 1 aliphatic heterocycles. The predicted molar refractivity (Wildman–Crippen MR) is 69.3 cm³/mol. The number of rotatable bonds is 2. The van der Waals surface area contributed by atoms with Gasteiger partial charge in [0.05, 0.1) is 13.2 Å². The van der Waals surface area contributed by atoms with Crippen LogP contribution in [0, 0.1) is 0 Å². The lowest BCUT2D eigenvalue weighted by molar-refractivity contribution is 0.0736. The summed E-state index contributed by atoms with van der Waals surface area (Å²) in [6.07, 6.45) is 0.192. The van der Waals surface area contributed by atoms with Crippen molar-refractivity contribution in [1.82, 2.24) is 4.90 Å². The number of hydrogen-bond acceptors (Lipinski definition) is 4. The largest absolute Gasteiger partial charge is 0.493 e. The Hall–Kier alpha value is -2.01. The first-order valence-electron chi connectivity index (χ1n) is 6.23. The summed E-state index contributed by atoms with van der Waals surface area (Å²) in [5.41, 5.74) is 0.577. The highest BCUT2D eigenvalue weighted by atomic mass is 16.5. The highest BCUT2D eigenvalue weighted by molar-refractivity contribution is 5.97. The van der Waals surface area contributed by atoms with Gasteiger partial charge in [0.25, 0.3) is 5.91 Å². The molecule has 1 aliphatic rings. The normalized spacial score (nSPS) is 19.1. The molecule has 1 atom stereocenters. The summed E-state index contributed by atoms with van der Waals surface area (Å²) in [5.74, 6) is 0.710. The minimum Gasteiger partial charge on any atom is -0.493 e. The van der Waals surface area contributed by atoms with Gasteiger partial charge in [0.1, 0.15) is 0 Å². The molecule has 2 aromatic rings. The smallest absolute Gasteiger partial charge is 0.289 e. The fourth-order valence-corrected chi connectivity index (χ4v) is 2.38. The molecule has 1 aromatic heterocycles. The summed E-state index contributed by atoms with van der Waals surface area (Å²) in [6.45, 7) is 0.932. The number of carbonyl (C=O) groups excluding carboxylic acids is 1. The van der Waals surface area contributed by atoms with E-state index >= 15 is 0 Å². The van der Waals surface area contributed by atoms with E-state index in [0.29, 0.717) is 30.8 Å². The number of hydrogen-bond donors (Lipinski definition) is 1. The number of ether oxygens (including phenoxy) is 1. The number of carbonyl (C=O) groups is 1. The van der Waals surface area contributed by atoms with E-state index in [2.05, 4.69) is 0 Å². The van der Waals surface area contributed by atoms with Crippen LogP contribution in [0.15, 0.2) is 28.7 Å². The van der Waals surface area contributed by atoms with E-state index in [-0.39, 0.29) is 11.7 Å². The second kappa shape index (κ2) is 4.59. The summed E-state index contributed by atoms with van der Waals surface area (Å²) in [6, 6.07) is 7.23. The quantitative estimate of drug-likeness (QED) is 0.892. The number of aliphatic hydroxyl groups excluding tert-OH is 1. The number of benzene rings is 1. The Balaban J connectivity index is 1.95. The van der Waals surface area contributed by atoms with Gasteiger partial charge in [-0.2, -0.15) is 0 Å². The molecule has 0 aliphatic carbocycles. The van der Waals surface area contributed by atoms with Crippen molar-refractivity contribution in [2.75, 3.05) is 20.2 Å². The molecule has 1 N–H and O–H groups in total. The molecule has 1 aromatic carbocycles. The molecule has 0 bridgehead atoms. The van der Waals surface area contributed by atoms with Crippen molar-refractivity contribution in [3.8, 4) is 5.75 Å².